The normalized spacial score (nSPS) is 16.4. The number of Topliss-reactive ketones (excluding diaryl/α,β-unsaturated/α-hetero) is 1. The summed E-state index contributed by atoms with van der Waals surface area (Å²) in [4.78, 5) is 28.2. The number of thioether (sulfide) groups is 1. The number of hydrogen-bond acceptors (Lipinski definition) is 8. The number of ether oxygens (including phenoxy) is 1. The van der Waals surface area contributed by atoms with Crippen molar-refractivity contribution in [2.45, 2.75) is 35.9 Å². The zero-order valence-corrected chi connectivity index (χ0v) is 25.1. The second kappa shape index (κ2) is 13.1. The number of nitrogens with zero attached hydrogens (tertiary/aromatic N) is 3. The predicted molar refractivity (Wildman–Crippen MR) is 164 cm³/mol. The van der Waals surface area contributed by atoms with Crippen LogP contribution >= 0.6 is 46.3 Å². The summed E-state index contributed by atoms with van der Waals surface area (Å²) >= 11 is 15.2. The van der Waals surface area contributed by atoms with Crippen LogP contribution < -0.4 is 9.64 Å². The summed E-state index contributed by atoms with van der Waals surface area (Å²) in [5, 5.41) is 21.2. The molecule has 7 nitrogen and oxygen atoms in total. The summed E-state index contributed by atoms with van der Waals surface area (Å²) in [6.45, 7) is 2.67. The first-order valence-electron chi connectivity index (χ1n) is 12.9. The molecule has 4 aromatic rings. The maximum Gasteiger partial charge on any atom is 0.301 e. The molecule has 3 aromatic carbocycles. The van der Waals surface area contributed by atoms with Crippen LogP contribution in [0, 0.1) is 0 Å². The molecule has 5 rings (SSSR count). The van der Waals surface area contributed by atoms with Crippen LogP contribution in [0.15, 0.2) is 82.7 Å². The van der Waals surface area contributed by atoms with Crippen LogP contribution in [0.2, 0.25) is 10.0 Å². The van der Waals surface area contributed by atoms with E-state index in [-0.39, 0.29) is 16.5 Å². The van der Waals surface area contributed by atoms with E-state index in [2.05, 4.69) is 17.1 Å². The molecule has 0 bridgehead atoms. The number of carbonyl (C=O) groups is 2. The first-order valence-corrected chi connectivity index (χ1v) is 15.4. The van der Waals surface area contributed by atoms with Crippen LogP contribution in [0.4, 0.5) is 5.13 Å². The Morgan fingerprint density at radius 3 is 2.56 bits per heavy atom. The van der Waals surface area contributed by atoms with E-state index in [0.717, 1.165) is 18.4 Å². The molecule has 0 aliphatic carbocycles. The van der Waals surface area contributed by atoms with E-state index in [4.69, 9.17) is 27.9 Å². The Bertz CT molecular complexity index is 1610. The van der Waals surface area contributed by atoms with Crippen LogP contribution in [-0.2, 0) is 15.3 Å². The minimum Gasteiger partial charge on any atom is -0.507 e. The van der Waals surface area contributed by atoms with Crippen molar-refractivity contribution in [1.29, 1.82) is 0 Å². The molecule has 1 N–H and O–H groups in total. The third kappa shape index (κ3) is 6.43. The number of aliphatic hydroxyl groups is 1. The van der Waals surface area contributed by atoms with Gasteiger partial charge in [0, 0.05) is 21.4 Å². The Balaban J connectivity index is 1.49. The monoisotopic (exact) mass is 625 g/mol. The topological polar surface area (TPSA) is 92.6 Å². The highest BCUT2D eigenvalue weighted by Crippen LogP contribution is 2.44. The lowest BCUT2D eigenvalue weighted by molar-refractivity contribution is -0.132. The van der Waals surface area contributed by atoms with Crippen LogP contribution in [0.1, 0.15) is 42.5 Å². The molecular formula is C30H25Cl2N3O4S2. The Morgan fingerprint density at radius 1 is 1.05 bits per heavy atom. The fourth-order valence-electron chi connectivity index (χ4n) is 4.33. The highest BCUT2D eigenvalue weighted by Gasteiger charge is 2.48. The predicted octanol–water partition coefficient (Wildman–Crippen LogP) is 7.94. The molecule has 1 aliphatic rings. The van der Waals surface area contributed by atoms with E-state index in [1.54, 1.807) is 48.5 Å². The molecule has 0 saturated carbocycles. The van der Waals surface area contributed by atoms with Gasteiger partial charge >= 0.3 is 5.91 Å². The van der Waals surface area contributed by atoms with Gasteiger partial charge in [-0.15, -0.1) is 10.2 Å². The fraction of sp³-hybridized carbons (Fsp3) is 0.200. The molecule has 1 atom stereocenters. The summed E-state index contributed by atoms with van der Waals surface area (Å²) in [5.41, 5.74) is 1.82. The Morgan fingerprint density at radius 2 is 1.83 bits per heavy atom. The summed E-state index contributed by atoms with van der Waals surface area (Å²) < 4.78 is 6.32. The average molecular weight is 627 g/mol. The van der Waals surface area contributed by atoms with Crippen molar-refractivity contribution in [2.75, 3.05) is 11.5 Å². The minimum atomic E-state index is -0.955. The van der Waals surface area contributed by atoms with Gasteiger partial charge in [-0.05, 0) is 60.0 Å². The second-order valence-corrected chi connectivity index (χ2v) is 12.2. The molecule has 11 heteroatoms. The summed E-state index contributed by atoms with van der Waals surface area (Å²) in [5.74, 6) is -0.722. The molecule has 1 amide bonds. The van der Waals surface area contributed by atoms with Crippen molar-refractivity contribution in [3.8, 4) is 5.75 Å². The van der Waals surface area contributed by atoms with E-state index >= 15 is 0 Å². The Hall–Kier alpha value is -3.37. The van der Waals surface area contributed by atoms with Gasteiger partial charge in [0.15, 0.2) is 4.34 Å². The smallest absolute Gasteiger partial charge is 0.301 e. The number of anilines is 1. The maximum atomic E-state index is 13.4. The van der Waals surface area contributed by atoms with Gasteiger partial charge in [0.25, 0.3) is 5.78 Å². The van der Waals surface area contributed by atoms with E-state index in [1.807, 2.05) is 24.3 Å². The highest BCUT2D eigenvalue weighted by molar-refractivity contribution is 8.00. The van der Waals surface area contributed by atoms with Gasteiger partial charge in [0.05, 0.1) is 18.2 Å². The number of halogens is 2. The lowest BCUT2D eigenvalue weighted by Gasteiger charge is -2.22. The molecule has 210 valence electrons. The van der Waals surface area contributed by atoms with Crippen molar-refractivity contribution in [1.82, 2.24) is 10.2 Å². The molecule has 41 heavy (non-hydrogen) atoms. The lowest BCUT2D eigenvalue weighted by atomic mass is 9.95. The number of benzene rings is 3. The lowest BCUT2D eigenvalue weighted by Crippen LogP contribution is -2.29. The van der Waals surface area contributed by atoms with Crippen molar-refractivity contribution < 1.29 is 19.4 Å². The van der Waals surface area contributed by atoms with Gasteiger partial charge in [0.1, 0.15) is 11.5 Å². The number of aromatic nitrogens is 2. The minimum absolute atomic E-state index is 0.0580. The third-order valence-corrected chi connectivity index (χ3v) is 9.12. The number of unbranched alkanes of at least 4 members (excludes halogenated alkanes) is 1. The molecule has 1 aliphatic heterocycles. The van der Waals surface area contributed by atoms with Crippen LogP contribution in [0.25, 0.3) is 5.76 Å². The number of carbonyl (C=O) groups excluding carboxylic acids is 2. The van der Waals surface area contributed by atoms with Crippen LogP contribution in [-0.4, -0.2) is 33.6 Å². The summed E-state index contributed by atoms with van der Waals surface area (Å²) in [6, 6.07) is 20.2. The van der Waals surface area contributed by atoms with E-state index in [9.17, 15) is 14.7 Å². The average Bonchev–Trinajstić information content (AvgIpc) is 3.54. The molecule has 0 radical (unpaired) electrons. The van der Waals surface area contributed by atoms with Crippen molar-refractivity contribution >= 4 is 68.9 Å². The molecule has 0 unspecified atom stereocenters. The van der Waals surface area contributed by atoms with Gasteiger partial charge in [-0.2, -0.15) is 0 Å². The number of ketones is 1. The quantitative estimate of drug-likeness (QED) is 0.0477. The molecule has 1 aromatic heterocycles. The summed E-state index contributed by atoms with van der Waals surface area (Å²) in [7, 11) is 0. The highest BCUT2D eigenvalue weighted by atomic mass is 35.5. The second-order valence-electron chi connectivity index (χ2n) is 9.18. The number of aliphatic hydroxyl groups excluding tert-OH is 1. The first kappa shape index (κ1) is 29.1. The molecule has 0 spiro atoms. The Kier molecular flexibility index (Phi) is 9.29. The zero-order valence-electron chi connectivity index (χ0n) is 21.9. The zero-order chi connectivity index (χ0) is 28.9. The van der Waals surface area contributed by atoms with Gasteiger partial charge in [-0.3, -0.25) is 14.5 Å². The van der Waals surface area contributed by atoms with Crippen LogP contribution in [0.5, 0.6) is 5.75 Å². The number of hydrogen-bond donors (Lipinski definition) is 1. The van der Waals surface area contributed by atoms with Crippen molar-refractivity contribution in [3.05, 3.63) is 105 Å². The third-order valence-electron chi connectivity index (χ3n) is 6.41. The van der Waals surface area contributed by atoms with Gasteiger partial charge in [-0.25, -0.2) is 0 Å². The van der Waals surface area contributed by atoms with E-state index in [0.29, 0.717) is 43.6 Å². The van der Waals surface area contributed by atoms with Gasteiger partial charge in [-0.1, -0.05) is 90.0 Å². The van der Waals surface area contributed by atoms with E-state index < -0.39 is 17.7 Å². The van der Waals surface area contributed by atoms with Crippen molar-refractivity contribution in [2.24, 2.45) is 0 Å². The molecule has 1 saturated heterocycles. The molecular weight excluding hydrogens is 601 g/mol. The number of amides is 1. The maximum absolute atomic E-state index is 13.4. The number of rotatable bonds is 10. The summed E-state index contributed by atoms with van der Waals surface area (Å²) in [6.07, 6.45) is 1.94. The largest absolute Gasteiger partial charge is 0.507 e. The first-order chi connectivity index (χ1) is 19.9. The fourth-order valence-corrected chi connectivity index (χ4v) is 6.69. The SMILES string of the molecule is CCCCOc1ccc(C(O)=C2C(=O)C(=O)N(c3nnc(SCc4ccccc4Cl)s3)[C@H]2c2cccc(Cl)c2)cc1. The van der Waals surface area contributed by atoms with Crippen molar-refractivity contribution in [3.63, 3.8) is 0 Å². The van der Waals surface area contributed by atoms with E-state index in [1.165, 1.54) is 28.0 Å². The van der Waals surface area contributed by atoms with Gasteiger partial charge < -0.3 is 9.84 Å². The standard InChI is InChI=1S/C30H25Cl2N3O4S2/c1-2-3-15-39-22-13-11-18(12-14-22)26(36)24-25(19-8-6-9-21(31)16-19)35(28(38)27(24)37)29-33-34-30(41-29)40-17-20-7-4-5-10-23(20)32/h4-14,16,25,36H,2-3,15,17H2,1H3/t25-/m0/s1. The van der Waals surface area contributed by atoms with Crippen LogP contribution in [0.3, 0.4) is 0 Å². The van der Waals surface area contributed by atoms with Gasteiger partial charge in [0.2, 0.25) is 5.13 Å². The molecule has 2 heterocycles. The Labute approximate surface area is 255 Å². The molecule has 1 fully saturated rings.